The predicted molar refractivity (Wildman–Crippen MR) is 100 cm³/mol. The van der Waals surface area contributed by atoms with Crippen LogP contribution in [-0.2, 0) is 16.8 Å². The minimum atomic E-state index is 0.167. The van der Waals surface area contributed by atoms with Gasteiger partial charge in [0.05, 0.1) is 6.61 Å². The van der Waals surface area contributed by atoms with Gasteiger partial charge >= 0.3 is 0 Å². The molecule has 128 valence electrons. The van der Waals surface area contributed by atoms with Crippen LogP contribution in [0.4, 0.5) is 0 Å². The van der Waals surface area contributed by atoms with Crippen LogP contribution in [0.3, 0.4) is 0 Å². The number of rotatable bonds is 10. The molecular weight excluding hydrogens is 294 g/mol. The van der Waals surface area contributed by atoms with Crippen LogP contribution in [0, 0.1) is 0 Å². The molecule has 0 amide bonds. The van der Waals surface area contributed by atoms with Gasteiger partial charge in [0.1, 0.15) is 0 Å². The smallest absolute Gasteiger partial charge is 0.0716 e. The van der Waals surface area contributed by atoms with Crippen molar-refractivity contribution in [1.82, 2.24) is 5.32 Å². The molecule has 3 rings (SSSR count). The summed E-state index contributed by atoms with van der Waals surface area (Å²) in [6.07, 6.45) is 4.85. The highest BCUT2D eigenvalue weighted by atomic mass is 16.5. The van der Waals surface area contributed by atoms with Gasteiger partial charge in [0.2, 0.25) is 0 Å². The molecule has 0 saturated heterocycles. The van der Waals surface area contributed by atoms with Crippen LogP contribution in [-0.4, -0.2) is 19.2 Å². The van der Waals surface area contributed by atoms with Crippen LogP contribution in [0.15, 0.2) is 60.7 Å². The van der Waals surface area contributed by atoms with E-state index in [4.69, 9.17) is 4.74 Å². The lowest BCUT2D eigenvalue weighted by Gasteiger charge is -2.34. The highest BCUT2D eigenvalue weighted by Crippen LogP contribution is 2.32. The molecule has 0 heterocycles. The van der Waals surface area contributed by atoms with Crippen molar-refractivity contribution in [2.45, 2.75) is 50.7 Å². The first-order valence-corrected chi connectivity index (χ1v) is 9.23. The zero-order chi connectivity index (χ0) is 16.7. The molecule has 0 aromatic heterocycles. The van der Waals surface area contributed by atoms with E-state index >= 15 is 0 Å². The predicted octanol–water partition coefficient (Wildman–Crippen LogP) is 4.69. The van der Waals surface area contributed by atoms with E-state index in [0.29, 0.717) is 6.61 Å². The Labute approximate surface area is 146 Å². The van der Waals surface area contributed by atoms with Gasteiger partial charge in [-0.05, 0) is 36.8 Å². The SMILES string of the molecule is CCC(CCOCc1ccccc1)(CNC1CC1)c1ccccc1. The third-order valence-corrected chi connectivity index (χ3v) is 5.21. The van der Waals surface area contributed by atoms with Gasteiger partial charge in [0.15, 0.2) is 0 Å². The molecule has 1 N–H and O–H groups in total. The second-order valence-electron chi connectivity index (χ2n) is 6.94. The maximum Gasteiger partial charge on any atom is 0.0716 e. The van der Waals surface area contributed by atoms with Gasteiger partial charge in [-0.3, -0.25) is 0 Å². The van der Waals surface area contributed by atoms with E-state index in [1.807, 2.05) is 6.07 Å². The molecule has 2 aromatic rings. The molecule has 0 bridgehead atoms. The van der Waals surface area contributed by atoms with Crippen LogP contribution in [0.1, 0.15) is 43.7 Å². The largest absolute Gasteiger partial charge is 0.377 e. The third kappa shape index (κ3) is 4.68. The average molecular weight is 323 g/mol. The van der Waals surface area contributed by atoms with Crippen molar-refractivity contribution in [1.29, 1.82) is 0 Å². The Morgan fingerprint density at radius 3 is 2.29 bits per heavy atom. The molecule has 1 aliphatic rings. The molecule has 1 atom stereocenters. The average Bonchev–Trinajstić information content (AvgIpc) is 3.48. The van der Waals surface area contributed by atoms with Crippen LogP contribution in [0.2, 0.25) is 0 Å². The fourth-order valence-corrected chi connectivity index (χ4v) is 3.29. The summed E-state index contributed by atoms with van der Waals surface area (Å²) in [7, 11) is 0. The minimum Gasteiger partial charge on any atom is -0.377 e. The number of ether oxygens (including phenoxy) is 1. The number of benzene rings is 2. The molecule has 1 fully saturated rings. The standard InChI is InChI=1S/C22H29NO/c1-2-22(18-23-21-13-14-21,20-11-7-4-8-12-20)15-16-24-17-19-9-5-3-6-10-19/h3-12,21,23H,2,13-18H2,1H3. The topological polar surface area (TPSA) is 21.3 Å². The summed E-state index contributed by atoms with van der Waals surface area (Å²) < 4.78 is 5.99. The summed E-state index contributed by atoms with van der Waals surface area (Å²) in [5.41, 5.74) is 2.85. The van der Waals surface area contributed by atoms with Gasteiger partial charge in [-0.1, -0.05) is 67.6 Å². The monoisotopic (exact) mass is 323 g/mol. The Kier molecular flexibility index (Phi) is 6.06. The van der Waals surface area contributed by atoms with Crippen LogP contribution in [0.5, 0.6) is 0 Å². The summed E-state index contributed by atoms with van der Waals surface area (Å²) in [6.45, 7) is 4.85. The van der Waals surface area contributed by atoms with Gasteiger partial charge in [-0.25, -0.2) is 0 Å². The highest BCUT2D eigenvalue weighted by molar-refractivity contribution is 5.26. The van der Waals surface area contributed by atoms with E-state index in [9.17, 15) is 0 Å². The molecular formula is C22H29NO. The molecule has 1 saturated carbocycles. The Morgan fingerprint density at radius 2 is 1.67 bits per heavy atom. The van der Waals surface area contributed by atoms with Gasteiger partial charge in [0.25, 0.3) is 0 Å². The van der Waals surface area contributed by atoms with E-state index in [1.54, 1.807) is 0 Å². The number of nitrogens with one attached hydrogen (secondary N) is 1. The maximum atomic E-state index is 5.99. The summed E-state index contributed by atoms with van der Waals surface area (Å²) in [4.78, 5) is 0. The van der Waals surface area contributed by atoms with Crippen molar-refractivity contribution in [2.75, 3.05) is 13.2 Å². The summed E-state index contributed by atoms with van der Waals surface area (Å²) in [5.74, 6) is 0. The summed E-state index contributed by atoms with van der Waals surface area (Å²) in [5, 5.41) is 3.75. The second-order valence-corrected chi connectivity index (χ2v) is 6.94. The molecule has 1 unspecified atom stereocenters. The van der Waals surface area contributed by atoms with E-state index < -0.39 is 0 Å². The summed E-state index contributed by atoms with van der Waals surface area (Å²) in [6, 6.07) is 22.1. The van der Waals surface area contributed by atoms with Crippen molar-refractivity contribution < 1.29 is 4.74 Å². The Morgan fingerprint density at radius 1 is 1.00 bits per heavy atom. The van der Waals surface area contributed by atoms with Crippen LogP contribution >= 0.6 is 0 Å². The first-order valence-electron chi connectivity index (χ1n) is 9.23. The zero-order valence-electron chi connectivity index (χ0n) is 14.7. The molecule has 0 radical (unpaired) electrons. The minimum absolute atomic E-state index is 0.167. The number of hydrogen-bond donors (Lipinski definition) is 1. The highest BCUT2D eigenvalue weighted by Gasteiger charge is 2.32. The third-order valence-electron chi connectivity index (χ3n) is 5.21. The quantitative estimate of drug-likeness (QED) is 0.640. The molecule has 0 spiro atoms. The first-order chi connectivity index (χ1) is 11.8. The van der Waals surface area contributed by atoms with Crippen molar-refractivity contribution in [3.63, 3.8) is 0 Å². The fraction of sp³-hybridized carbons (Fsp3) is 0.455. The molecule has 24 heavy (non-hydrogen) atoms. The van der Waals surface area contributed by atoms with E-state index in [2.05, 4.69) is 66.8 Å². The Bertz CT molecular complexity index is 594. The second kappa shape index (κ2) is 8.46. The zero-order valence-corrected chi connectivity index (χ0v) is 14.7. The lowest BCUT2D eigenvalue weighted by atomic mass is 9.75. The van der Waals surface area contributed by atoms with E-state index in [0.717, 1.165) is 32.0 Å². The van der Waals surface area contributed by atoms with Crippen molar-refractivity contribution in [3.05, 3.63) is 71.8 Å². The number of hydrogen-bond acceptors (Lipinski definition) is 2. The molecule has 0 aliphatic heterocycles. The van der Waals surface area contributed by atoms with Gasteiger partial charge in [0, 0.05) is 24.6 Å². The molecule has 2 nitrogen and oxygen atoms in total. The van der Waals surface area contributed by atoms with Crippen molar-refractivity contribution in [3.8, 4) is 0 Å². The van der Waals surface area contributed by atoms with Crippen molar-refractivity contribution in [2.24, 2.45) is 0 Å². The van der Waals surface area contributed by atoms with Crippen LogP contribution < -0.4 is 5.32 Å². The van der Waals surface area contributed by atoms with Gasteiger partial charge < -0.3 is 10.1 Å². The van der Waals surface area contributed by atoms with E-state index in [1.165, 1.54) is 24.0 Å². The molecule has 1 aliphatic carbocycles. The lowest BCUT2D eigenvalue weighted by molar-refractivity contribution is 0.0990. The normalized spacial score (nSPS) is 16.7. The fourth-order valence-electron chi connectivity index (χ4n) is 3.29. The Hall–Kier alpha value is -1.64. The lowest BCUT2D eigenvalue weighted by Crippen LogP contribution is -2.39. The Balaban J connectivity index is 1.60. The summed E-state index contributed by atoms with van der Waals surface area (Å²) >= 11 is 0. The van der Waals surface area contributed by atoms with Gasteiger partial charge in [-0.2, -0.15) is 0 Å². The molecule has 2 heteroatoms. The van der Waals surface area contributed by atoms with Crippen LogP contribution in [0.25, 0.3) is 0 Å². The first kappa shape index (κ1) is 17.2. The van der Waals surface area contributed by atoms with Gasteiger partial charge in [-0.15, -0.1) is 0 Å². The van der Waals surface area contributed by atoms with E-state index in [-0.39, 0.29) is 5.41 Å². The molecule has 2 aromatic carbocycles. The maximum absolute atomic E-state index is 5.99. The van der Waals surface area contributed by atoms with Crippen molar-refractivity contribution >= 4 is 0 Å².